The number of nitrogens with zero attached hydrogens (tertiary/aromatic N) is 2. The van der Waals surface area contributed by atoms with E-state index in [0.717, 1.165) is 12.1 Å². The van der Waals surface area contributed by atoms with E-state index in [1.54, 1.807) is 24.3 Å². The van der Waals surface area contributed by atoms with Crippen LogP contribution in [0.4, 0.5) is 8.78 Å². The Balaban J connectivity index is 2.22. The summed E-state index contributed by atoms with van der Waals surface area (Å²) in [5, 5.41) is 10.3. The Morgan fingerprint density at radius 1 is 0.895 bits per heavy atom. The van der Waals surface area contributed by atoms with Crippen molar-refractivity contribution < 1.29 is 13.9 Å². The average molecular weight is 258 g/mol. The highest BCUT2D eigenvalue weighted by atomic mass is 19.2. The Morgan fingerprint density at radius 2 is 1.68 bits per heavy atom. The van der Waals surface area contributed by atoms with Gasteiger partial charge >= 0.3 is 0 Å². The monoisotopic (exact) mass is 258 g/mol. The highest BCUT2D eigenvalue weighted by Gasteiger charge is 2.10. The molecule has 3 nitrogen and oxygen atoms in total. The van der Waals surface area contributed by atoms with Crippen LogP contribution in [0, 0.1) is 11.6 Å². The zero-order valence-electron chi connectivity index (χ0n) is 9.64. The van der Waals surface area contributed by atoms with Gasteiger partial charge in [0.1, 0.15) is 0 Å². The predicted octanol–water partition coefficient (Wildman–Crippen LogP) is 3.28. The van der Waals surface area contributed by atoms with Crippen molar-refractivity contribution in [3.8, 4) is 17.3 Å². The molecule has 0 saturated heterocycles. The van der Waals surface area contributed by atoms with Gasteiger partial charge in [-0.2, -0.15) is 4.98 Å². The number of hydrogen-bond donors (Lipinski definition) is 1. The van der Waals surface area contributed by atoms with E-state index in [-0.39, 0.29) is 11.7 Å². The second kappa shape index (κ2) is 4.28. The quantitative estimate of drug-likeness (QED) is 0.728. The maximum absolute atomic E-state index is 13.2. The lowest BCUT2D eigenvalue weighted by atomic mass is 10.2. The van der Waals surface area contributed by atoms with Crippen molar-refractivity contribution in [3.05, 3.63) is 54.1 Å². The molecule has 0 radical (unpaired) electrons. The van der Waals surface area contributed by atoms with E-state index in [1.807, 2.05) is 0 Å². The Morgan fingerprint density at radius 3 is 2.47 bits per heavy atom. The summed E-state index contributed by atoms with van der Waals surface area (Å²) in [6, 6.07) is 10.3. The summed E-state index contributed by atoms with van der Waals surface area (Å²) < 4.78 is 26.1. The SMILES string of the molecule is Oc1nc(-c2ccc(F)c(F)c2)nc2ccccc12. The van der Waals surface area contributed by atoms with Gasteiger partial charge in [0.05, 0.1) is 10.9 Å². The number of fused-ring (bicyclic) bond motifs is 1. The van der Waals surface area contributed by atoms with Crippen LogP contribution in [0.5, 0.6) is 5.88 Å². The van der Waals surface area contributed by atoms with Gasteiger partial charge in [0.15, 0.2) is 17.5 Å². The molecule has 0 atom stereocenters. The summed E-state index contributed by atoms with van der Waals surface area (Å²) in [6.07, 6.45) is 0. The second-order valence-corrected chi connectivity index (χ2v) is 4.02. The van der Waals surface area contributed by atoms with Gasteiger partial charge in [0, 0.05) is 5.56 Å². The minimum absolute atomic E-state index is 0.148. The number of aromatic nitrogens is 2. The molecule has 0 saturated carbocycles. The van der Waals surface area contributed by atoms with Gasteiger partial charge in [-0.05, 0) is 30.3 Å². The van der Waals surface area contributed by atoms with E-state index in [2.05, 4.69) is 9.97 Å². The van der Waals surface area contributed by atoms with Gasteiger partial charge in [0.25, 0.3) is 0 Å². The molecule has 19 heavy (non-hydrogen) atoms. The molecule has 0 aliphatic carbocycles. The zero-order valence-corrected chi connectivity index (χ0v) is 9.64. The molecule has 0 spiro atoms. The van der Waals surface area contributed by atoms with Crippen LogP contribution in [-0.2, 0) is 0 Å². The van der Waals surface area contributed by atoms with E-state index in [9.17, 15) is 13.9 Å². The van der Waals surface area contributed by atoms with Gasteiger partial charge < -0.3 is 5.11 Å². The number of aromatic hydroxyl groups is 1. The van der Waals surface area contributed by atoms with Crippen LogP contribution >= 0.6 is 0 Å². The molecule has 94 valence electrons. The Bertz CT molecular complexity index is 774. The van der Waals surface area contributed by atoms with E-state index >= 15 is 0 Å². The smallest absolute Gasteiger partial charge is 0.222 e. The van der Waals surface area contributed by atoms with Crippen molar-refractivity contribution in [3.63, 3.8) is 0 Å². The van der Waals surface area contributed by atoms with Gasteiger partial charge in [-0.1, -0.05) is 12.1 Å². The largest absolute Gasteiger partial charge is 0.493 e. The lowest BCUT2D eigenvalue weighted by molar-refractivity contribution is 0.460. The molecule has 5 heteroatoms. The van der Waals surface area contributed by atoms with Gasteiger partial charge in [0.2, 0.25) is 5.88 Å². The summed E-state index contributed by atoms with van der Waals surface area (Å²) in [6.45, 7) is 0. The number of para-hydroxylation sites is 1. The number of benzene rings is 2. The summed E-state index contributed by atoms with van der Waals surface area (Å²) in [5.74, 6) is -1.96. The molecule has 3 rings (SSSR count). The number of halogens is 2. The molecule has 3 aromatic rings. The molecule has 0 unspecified atom stereocenters. The third-order valence-corrected chi connectivity index (χ3v) is 2.76. The van der Waals surface area contributed by atoms with Gasteiger partial charge in [-0.3, -0.25) is 0 Å². The molecule has 0 bridgehead atoms. The third kappa shape index (κ3) is 1.99. The van der Waals surface area contributed by atoms with Crippen molar-refractivity contribution in [2.24, 2.45) is 0 Å². The molecule has 1 N–H and O–H groups in total. The first-order valence-electron chi connectivity index (χ1n) is 5.56. The Labute approximate surface area is 107 Å². The Kier molecular flexibility index (Phi) is 2.59. The highest BCUT2D eigenvalue weighted by molar-refractivity contribution is 5.84. The fourth-order valence-electron chi connectivity index (χ4n) is 1.82. The first-order valence-corrected chi connectivity index (χ1v) is 5.56. The van der Waals surface area contributed by atoms with E-state index in [4.69, 9.17) is 0 Å². The minimum atomic E-state index is -0.978. The molecule has 1 heterocycles. The summed E-state index contributed by atoms with van der Waals surface area (Å²) >= 11 is 0. The lowest BCUT2D eigenvalue weighted by Crippen LogP contribution is -1.93. The van der Waals surface area contributed by atoms with E-state index in [0.29, 0.717) is 16.5 Å². The molecular formula is C14H8F2N2O. The van der Waals surface area contributed by atoms with Crippen LogP contribution in [0.15, 0.2) is 42.5 Å². The fraction of sp³-hybridized carbons (Fsp3) is 0. The maximum atomic E-state index is 13.2. The molecule has 0 fully saturated rings. The summed E-state index contributed by atoms with van der Waals surface area (Å²) in [7, 11) is 0. The molecule has 2 aromatic carbocycles. The Hall–Kier alpha value is -2.56. The maximum Gasteiger partial charge on any atom is 0.222 e. The van der Waals surface area contributed by atoms with Crippen LogP contribution in [0.25, 0.3) is 22.3 Å². The third-order valence-electron chi connectivity index (χ3n) is 2.76. The first-order chi connectivity index (χ1) is 9.15. The molecule has 0 aliphatic rings. The summed E-state index contributed by atoms with van der Waals surface area (Å²) in [4.78, 5) is 8.11. The van der Waals surface area contributed by atoms with Crippen LogP contribution in [0.1, 0.15) is 0 Å². The van der Waals surface area contributed by atoms with E-state index in [1.165, 1.54) is 6.07 Å². The molecular weight excluding hydrogens is 250 g/mol. The van der Waals surface area contributed by atoms with Gasteiger partial charge in [-0.15, -0.1) is 0 Å². The zero-order chi connectivity index (χ0) is 13.4. The highest BCUT2D eigenvalue weighted by Crippen LogP contribution is 2.25. The molecule has 0 aliphatic heterocycles. The predicted molar refractivity (Wildman–Crippen MR) is 66.6 cm³/mol. The number of hydrogen-bond acceptors (Lipinski definition) is 3. The number of rotatable bonds is 1. The fourth-order valence-corrected chi connectivity index (χ4v) is 1.82. The van der Waals surface area contributed by atoms with Crippen molar-refractivity contribution in [2.75, 3.05) is 0 Å². The van der Waals surface area contributed by atoms with Crippen molar-refractivity contribution in [1.29, 1.82) is 0 Å². The normalized spacial score (nSPS) is 10.8. The van der Waals surface area contributed by atoms with Crippen LogP contribution < -0.4 is 0 Å². The van der Waals surface area contributed by atoms with Crippen LogP contribution in [0.2, 0.25) is 0 Å². The first kappa shape index (κ1) is 11.5. The van der Waals surface area contributed by atoms with Crippen molar-refractivity contribution in [2.45, 2.75) is 0 Å². The van der Waals surface area contributed by atoms with Crippen molar-refractivity contribution in [1.82, 2.24) is 9.97 Å². The van der Waals surface area contributed by atoms with Crippen molar-refractivity contribution >= 4 is 10.9 Å². The molecule has 1 aromatic heterocycles. The topological polar surface area (TPSA) is 46.0 Å². The van der Waals surface area contributed by atoms with E-state index < -0.39 is 11.6 Å². The standard InChI is InChI=1S/C14H8F2N2O/c15-10-6-5-8(7-11(10)16)13-17-12-4-2-1-3-9(12)14(19)18-13/h1-7H,(H,17,18,19). The summed E-state index contributed by atoms with van der Waals surface area (Å²) in [5.41, 5.74) is 0.842. The van der Waals surface area contributed by atoms with Gasteiger partial charge in [-0.25, -0.2) is 13.8 Å². The lowest BCUT2D eigenvalue weighted by Gasteiger charge is -2.04. The van der Waals surface area contributed by atoms with Crippen LogP contribution in [0.3, 0.4) is 0 Å². The van der Waals surface area contributed by atoms with Crippen LogP contribution in [-0.4, -0.2) is 15.1 Å². The molecule has 0 amide bonds. The minimum Gasteiger partial charge on any atom is -0.493 e. The average Bonchev–Trinajstić information content (AvgIpc) is 2.42. The second-order valence-electron chi connectivity index (χ2n) is 4.02.